The maximum atomic E-state index is 4.84. The number of aromatic amines is 3. The van der Waals surface area contributed by atoms with Crippen molar-refractivity contribution in [1.29, 1.82) is 0 Å². The third kappa shape index (κ3) is 2.23. The number of thiophene rings is 1. The lowest BCUT2D eigenvalue weighted by atomic mass is 10.1. The Bertz CT molecular complexity index is 1770. The highest BCUT2D eigenvalue weighted by atomic mass is 32.1. The third-order valence-corrected chi connectivity index (χ3v) is 6.27. The standard InChI is InChI=1S/C21H12N8S/c1-2-16-25-12-5-10(7-22-9-12)11-6-14-18(28-29-19(14)24-8-11)21-26-17-13(15(1)30-16)3-4-23-20(17)27-21/h1-9,25,28H,(H,24,29). The molecule has 0 aliphatic carbocycles. The van der Waals surface area contributed by atoms with Crippen molar-refractivity contribution in [2.75, 3.05) is 0 Å². The summed E-state index contributed by atoms with van der Waals surface area (Å²) in [6.45, 7) is 0. The molecule has 0 saturated heterocycles. The van der Waals surface area contributed by atoms with Crippen LogP contribution in [0.3, 0.4) is 0 Å². The highest BCUT2D eigenvalue weighted by molar-refractivity contribution is 7.23. The fraction of sp³-hybridized carbons (Fsp3) is 0. The predicted octanol–water partition coefficient (Wildman–Crippen LogP) is 4.70. The number of pyridine rings is 3. The first-order valence-electron chi connectivity index (χ1n) is 9.34. The van der Waals surface area contributed by atoms with E-state index in [1.807, 2.05) is 24.7 Å². The van der Waals surface area contributed by atoms with E-state index in [9.17, 15) is 0 Å². The molecular weight excluding hydrogens is 396 g/mol. The van der Waals surface area contributed by atoms with Crippen molar-refractivity contribution in [2.24, 2.45) is 0 Å². The summed E-state index contributed by atoms with van der Waals surface area (Å²) in [5.74, 6) is 0. The van der Waals surface area contributed by atoms with Gasteiger partial charge in [-0.15, -0.1) is 11.3 Å². The number of imidazole rings is 1. The predicted molar refractivity (Wildman–Crippen MR) is 118 cm³/mol. The fourth-order valence-electron chi connectivity index (χ4n) is 3.81. The minimum atomic E-state index is 0.590. The second-order valence-electron chi connectivity index (χ2n) is 7.07. The van der Waals surface area contributed by atoms with E-state index in [1.165, 1.54) is 0 Å². The van der Waals surface area contributed by atoms with Crippen molar-refractivity contribution in [3.8, 4) is 11.3 Å². The summed E-state index contributed by atoms with van der Waals surface area (Å²) in [5, 5.41) is 9.24. The summed E-state index contributed by atoms with van der Waals surface area (Å²) < 4.78 is 1.10. The topological polar surface area (TPSA) is 112 Å². The number of fused-ring (bicyclic) bond motifs is 9. The highest BCUT2D eigenvalue weighted by Gasteiger charge is 2.15. The Morgan fingerprint density at radius 3 is 2.80 bits per heavy atom. The van der Waals surface area contributed by atoms with Gasteiger partial charge in [0.1, 0.15) is 11.2 Å². The lowest BCUT2D eigenvalue weighted by Crippen LogP contribution is -1.83. The van der Waals surface area contributed by atoms with Gasteiger partial charge < -0.3 is 4.98 Å². The Morgan fingerprint density at radius 2 is 1.80 bits per heavy atom. The Morgan fingerprint density at radius 1 is 0.833 bits per heavy atom. The van der Waals surface area contributed by atoms with Gasteiger partial charge in [-0.3, -0.25) is 15.2 Å². The molecule has 0 amide bonds. The minimum Gasteiger partial charge on any atom is -0.346 e. The molecule has 0 fully saturated rings. The van der Waals surface area contributed by atoms with Crippen LogP contribution in [-0.2, 0) is 0 Å². The lowest BCUT2D eigenvalue weighted by molar-refractivity contribution is 1.11. The molecule has 30 heavy (non-hydrogen) atoms. The maximum Gasteiger partial charge on any atom is 0.181 e. The lowest BCUT2D eigenvalue weighted by Gasteiger charge is -1.98. The molecule has 0 unspecified atom stereocenters. The second-order valence-corrected chi connectivity index (χ2v) is 8.16. The zero-order chi connectivity index (χ0) is 19.7. The second kappa shape index (κ2) is 5.71. The van der Waals surface area contributed by atoms with Crippen LogP contribution >= 0.6 is 11.3 Å². The maximum absolute atomic E-state index is 4.84. The van der Waals surface area contributed by atoms with Gasteiger partial charge in [0.2, 0.25) is 0 Å². The number of nitrogens with one attached hydrogen (secondary N) is 3. The van der Waals surface area contributed by atoms with Crippen LogP contribution in [0, 0.1) is 0 Å². The van der Waals surface area contributed by atoms with Gasteiger partial charge in [-0.1, -0.05) is 0 Å². The molecular formula is C21H12N8S. The van der Waals surface area contributed by atoms with Crippen molar-refractivity contribution in [2.45, 2.75) is 0 Å². The Balaban J connectivity index is 1.75. The van der Waals surface area contributed by atoms with E-state index in [2.05, 4.69) is 59.4 Å². The normalized spacial score (nSPS) is 12.0. The molecule has 2 aliphatic rings. The SMILES string of the molecule is c1cc2c3ccc([nH]c4cncc(c4)c4cnc5[nH][nH]c(c6nc(n1)c2n6)-c5c4)s3. The van der Waals surface area contributed by atoms with Gasteiger partial charge in [-0.25, -0.2) is 19.9 Å². The number of hydrogen-bond donors (Lipinski definition) is 3. The molecule has 5 aromatic heterocycles. The van der Waals surface area contributed by atoms with E-state index < -0.39 is 0 Å². The Labute approximate surface area is 171 Å². The molecule has 0 spiro atoms. The average molecular weight is 408 g/mol. The highest BCUT2D eigenvalue weighted by Crippen LogP contribution is 2.31. The summed E-state index contributed by atoms with van der Waals surface area (Å²) in [6, 6.07) is 10.3. The summed E-state index contributed by atoms with van der Waals surface area (Å²) in [4.78, 5) is 27.4. The molecule has 0 atom stereocenters. The average Bonchev–Trinajstić information content (AvgIpc) is 3.50. The van der Waals surface area contributed by atoms with Crippen LogP contribution in [0.5, 0.6) is 0 Å². The van der Waals surface area contributed by atoms with E-state index in [4.69, 9.17) is 4.98 Å². The van der Waals surface area contributed by atoms with E-state index in [-0.39, 0.29) is 0 Å². The number of hydrogen-bond acceptors (Lipinski definition) is 6. The number of nitrogens with zero attached hydrogens (tertiary/aromatic N) is 5. The van der Waals surface area contributed by atoms with Crippen molar-refractivity contribution in [3.63, 3.8) is 0 Å². The number of rotatable bonds is 0. The smallest absolute Gasteiger partial charge is 0.181 e. The van der Waals surface area contributed by atoms with Crippen LogP contribution in [-0.4, -0.2) is 40.1 Å². The van der Waals surface area contributed by atoms with E-state index in [1.54, 1.807) is 17.5 Å². The van der Waals surface area contributed by atoms with Gasteiger partial charge >= 0.3 is 0 Å². The summed E-state index contributed by atoms with van der Waals surface area (Å²) >= 11 is 1.66. The quantitative estimate of drug-likeness (QED) is 0.337. The molecule has 7 heterocycles. The molecule has 0 radical (unpaired) electrons. The molecule has 0 aromatic carbocycles. The van der Waals surface area contributed by atoms with Gasteiger partial charge in [-0.2, -0.15) is 0 Å². The molecule has 3 N–H and O–H groups in total. The van der Waals surface area contributed by atoms with Crippen LogP contribution in [0.25, 0.3) is 64.9 Å². The van der Waals surface area contributed by atoms with Crippen molar-refractivity contribution >= 4 is 65.0 Å². The van der Waals surface area contributed by atoms with Crippen LogP contribution in [0.2, 0.25) is 0 Å². The first-order chi connectivity index (χ1) is 14.8. The Hall–Kier alpha value is -4.11. The first kappa shape index (κ1) is 15.8. The molecule has 9 heteroatoms. The fourth-order valence-corrected chi connectivity index (χ4v) is 4.77. The largest absolute Gasteiger partial charge is 0.346 e. The summed E-state index contributed by atoms with van der Waals surface area (Å²) in [6.07, 6.45) is 7.27. The zero-order valence-electron chi connectivity index (χ0n) is 15.3. The molecule has 5 aromatic rings. The first-order valence-corrected chi connectivity index (χ1v) is 10.2. The van der Waals surface area contributed by atoms with Crippen LogP contribution in [0.1, 0.15) is 0 Å². The van der Waals surface area contributed by atoms with Gasteiger partial charge in [0.15, 0.2) is 16.9 Å². The van der Waals surface area contributed by atoms with Crippen molar-refractivity contribution in [3.05, 3.63) is 55.1 Å². The minimum absolute atomic E-state index is 0.590. The third-order valence-electron chi connectivity index (χ3n) is 5.23. The van der Waals surface area contributed by atoms with Gasteiger partial charge in [0, 0.05) is 45.0 Å². The molecule has 2 aliphatic heterocycles. The van der Waals surface area contributed by atoms with Crippen LogP contribution < -0.4 is 0 Å². The molecule has 7 rings (SSSR count). The molecule has 8 bridgehead atoms. The van der Waals surface area contributed by atoms with Crippen molar-refractivity contribution < 1.29 is 0 Å². The van der Waals surface area contributed by atoms with Crippen molar-refractivity contribution in [1.82, 2.24) is 40.1 Å². The van der Waals surface area contributed by atoms with E-state index in [0.717, 1.165) is 53.6 Å². The summed E-state index contributed by atoms with van der Waals surface area (Å²) in [5.41, 5.74) is 5.36. The van der Waals surface area contributed by atoms with Gasteiger partial charge in [0.05, 0.1) is 16.5 Å². The molecule has 8 nitrogen and oxygen atoms in total. The van der Waals surface area contributed by atoms with E-state index >= 15 is 0 Å². The van der Waals surface area contributed by atoms with E-state index in [0.29, 0.717) is 11.3 Å². The zero-order valence-corrected chi connectivity index (χ0v) is 16.2. The molecule has 142 valence electrons. The van der Waals surface area contributed by atoms with Crippen LogP contribution in [0.15, 0.2) is 55.1 Å². The number of H-pyrrole nitrogens is 3. The monoisotopic (exact) mass is 408 g/mol. The van der Waals surface area contributed by atoms with Crippen LogP contribution in [0.4, 0.5) is 0 Å². The van der Waals surface area contributed by atoms with Gasteiger partial charge in [0.25, 0.3) is 0 Å². The van der Waals surface area contributed by atoms with Gasteiger partial charge in [-0.05, 0) is 30.3 Å². The Kier molecular flexibility index (Phi) is 3.00. The number of aromatic nitrogens is 8. The molecule has 0 saturated carbocycles. The summed E-state index contributed by atoms with van der Waals surface area (Å²) in [7, 11) is 0.